The summed E-state index contributed by atoms with van der Waals surface area (Å²) in [5, 5.41) is 0.779. The summed E-state index contributed by atoms with van der Waals surface area (Å²) in [4.78, 5) is 13.0. The smallest absolute Gasteiger partial charge is 0.419 e. The van der Waals surface area contributed by atoms with Gasteiger partial charge in [0.2, 0.25) is 0 Å². The zero-order valence-electron chi connectivity index (χ0n) is 16.2. The molecule has 1 unspecified atom stereocenters. The summed E-state index contributed by atoms with van der Waals surface area (Å²) in [5.41, 5.74) is 0.900. The van der Waals surface area contributed by atoms with Gasteiger partial charge in [-0.15, -0.1) is 0 Å². The second-order valence-corrected chi connectivity index (χ2v) is 9.14. The van der Waals surface area contributed by atoms with Crippen molar-refractivity contribution in [3.05, 3.63) is 71.9 Å². The number of benzene rings is 2. The summed E-state index contributed by atoms with van der Waals surface area (Å²) in [6.07, 6.45) is -0.596. The lowest BCUT2D eigenvalue weighted by Crippen LogP contribution is -2.29. The van der Waals surface area contributed by atoms with Crippen LogP contribution in [0, 0.1) is 0 Å². The first-order valence-electron chi connectivity index (χ1n) is 8.82. The highest BCUT2D eigenvalue weighted by atomic mass is 32.2. The Morgan fingerprint density at radius 3 is 2.21 bits per heavy atom. The van der Waals surface area contributed by atoms with Crippen LogP contribution >= 0.6 is 0 Å². The molecule has 28 heavy (non-hydrogen) atoms. The number of ether oxygens (including phenoxy) is 1. The van der Waals surface area contributed by atoms with Crippen molar-refractivity contribution in [1.82, 2.24) is 4.57 Å². The van der Waals surface area contributed by atoms with Crippen LogP contribution in [0.15, 0.2) is 60.7 Å². The van der Waals surface area contributed by atoms with Crippen molar-refractivity contribution >= 4 is 27.1 Å². The van der Waals surface area contributed by atoms with Gasteiger partial charge in [-0.3, -0.25) is 4.18 Å². The zero-order chi connectivity index (χ0) is 20.5. The predicted octanol–water partition coefficient (Wildman–Crippen LogP) is 4.49. The highest BCUT2D eigenvalue weighted by Crippen LogP contribution is 2.33. The monoisotopic (exact) mass is 401 g/mol. The fraction of sp³-hybridized carbons (Fsp3) is 0.286. The third-order valence-corrected chi connectivity index (χ3v) is 4.50. The number of aromatic nitrogens is 1. The Morgan fingerprint density at radius 2 is 1.61 bits per heavy atom. The molecule has 0 saturated heterocycles. The minimum atomic E-state index is -3.80. The van der Waals surface area contributed by atoms with Gasteiger partial charge in [0, 0.05) is 5.39 Å². The standard InChI is InChI=1S/C21H23NO5S/c1-21(2,3)26-20(23)22-17-13-9-8-12-16(17)14-18(22)19(27-28(4,24)25)15-10-6-5-7-11-15/h5-14,19H,1-4H3. The van der Waals surface area contributed by atoms with E-state index in [9.17, 15) is 13.2 Å². The van der Waals surface area contributed by atoms with Crippen LogP contribution in [0.4, 0.5) is 4.79 Å². The van der Waals surface area contributed by atoms with Crippen LogP contribution in [0.2, 0.25) is 0 Å². The molecule has 0 aliphatic carbocycles. The predicted molar refractivity (Wildman–Crippen MR) is 108 cm³/mol. The molecule has 0 amide bonds. The molecule has 0 spiro atoms. The number of hydrogen-bond acceptors (Lipinski definition) is 5. The van der Waals surface area contributed by atoms with Crippen molar-refractivity contribution in [2.45, 2.75) is 32.5 Å². The fourth-order valence-electron chi connectivity index (χ4n) is 2.96. The van der Waals surface area contributed by atoms with E-state index in [1.54, 1.807) is 57.2 Å². The topological polar surface area (TPSA) is 74.6 Å². The molecule has 148 valence electrons. The van der Waals surface area contributed by atoms with Crippen LogP contribution < -0.4 is 0 Å². The van der Waals surface area contributed by atoms with Crippen molar-refractivity contribution in [2.75, 3.05) is 6.26 Å². The van der Waals surface area contributed by atoms with E-state index in [0.29, 0.717) is 16.8 Å². The van der Waals surface area contributed by atoms with Crippen molar-refractivity contribution in [2.24, 2.45) is 0 Å². The van der Waals surface area contributed by atoms with E-state index in [0.717, 1.165) is 11.6 Å². The molecular weight excluding hydrogens is 378 g/mol. The summed E-state index contributed by atoms with van der Waals surface area (Å²) in [7, 11) is -3.80. The Hall–Kier alpha value is -2.64. The lowest BCUT2D eigenvalue weighted by Gasteiger charge is -2.23. The maximum atomic E-state index is 13.0. The van der Waals surface area contributed by atoms with E-state index in [-0.39, 0.29) is 0 Å². The summed E-state index contributed by atoms with van der Waals surface area (Å²) in [5.74, 6) is 0. The second-order valence-electron chi connectivity index (χ2n) is 7.53. The molecule has 1 aromatic heterocycles. The molecule has 3 aromatic rings. The van der Waals surface area contributed by atoms with Crippen molar-refractivity contribution in [1.29, 1.82) is 0 Å². The van der Waals surface area contributed by atoms with E-state index in [4.69, 9.17) is 8.92 Å². The Bertz CT molecular complexity index is 1090. The molecule has 7 heteroatoms. The number of nitrogens with zero attached hydrogens (tertiary/aromatic N) is 1. The lowest BCUT2D eigenvalue weighted by atomic mass is 10.1. The molecule has 2 aromatic carbocycles. The van der Waals surface area contributed by atoms with Crippen molar-refractivity contribution in [3.63, 3.8) is 0 Å². The normalized spacial score (nSPS) is 13.4. The van der Waals surface area contributed by atoms with Gasteiger partial charge in [0.05, 0.1) is 17.5 Å². The Morgan fingerprint density at radius 1 is 1.00 bits per heavy atom. The van der Waals surface area contributed by atoms with Crippen LogP contribution in [0.5, 0.6) is 0 Å². The number of carbonyl (C=O) groups excluding carboxylic acids is 1. The molecule has 3 rings (SSSR count). The van der Waals surface area contributed by atoms with Gasteiger partial charge in [-0.05, 0) is 38.5 Å². The maximum absolute atomic E-state index is 13.0. The van der Waals surface area contributed by atoms with E-state index < -0.39 is 27.9 Å². The molecule has 6 nitrogen and oxygen atoms in total. The van der Waals surface area contributed by atoms with E-state index in [1.165, 1.54) is 4.57 Å². The number of hydrogen-bond donors (Lipinski definition) is 0. The Kier molecular flexibility index (Phi) is 5.32. The quantitative estimate of drug-likeness (QED) is 0.602. The molecule has 0 aliphatic rings. The van der Waals surface area contributed by atoms with Crippen LogP contribution in [0.3, 0.4) is 0 Å². The van der Waals surface area contributed by atoms with E-state index in [1.807, 2.05) is 24.3 Å². The fourth-order valence-corrected chi connectivity index (χ4v) is 3.52. The third kappa shape index (κ3) is 4.61. The highest BCUT2D eigenvalue weighted by molar-refractivity contribution is 7.86. The van der Waals surface area contributed by atoms with Crippen LogP contribution in [-0.4, -0.2) is 30.9 Å². The third-order valence-electron chi connectivity index (χ3n) is 3.96. The van der Waals surface area contributed by atoms with Gasteiger partial charge in [0.1, 0.15) is 11.7 Å². The van der Waals surface area contributed by atoms with Crippen molar-refractivity contribution < 1.29 is 22.1 Å². The van der Waals surface area contributed by atoms with Crippen LogP contribution in [0.1, 0.15) is 38.1 Å². The molecule has 0 bridgehead atoms. The van der Waals surface area contributed by atoms with Gasteiger partial charge in [0.15, 0.2) is 0 Å². The van der Waals surface area contributed by atoms with Gasteiger partial charge >= 0.3 is 6.09 Å². The van der Waals surface area contributed by atoms with Gasteiger partial charge in [-0.2, -0.15) is 8.42 Å². The Balaban J connectivity index is 2.24. The lowest BCUT2D eigenvalue weighted by molar-refractivity contribution is 0.0531. The van der Waals surface area contributed by atoms with Crippen molar-refractivity contribution in [3.8, 4) is 0 Å². The number of rotatable bonds is 4. The summed E-state index contributed by atoms with van der Waals surface area (Å²) in [6, 6.07) is 17.9. The van der Waals surface area contributed by atoms with E-state index >= 15 is 0 Å². The molecule has 0 aliphatic heterocycles. The largest absolute Gasteiger partial charge is 0.443 e. The molecule has 1 atom stereocenters. The molecule has 0 saturated carbocycles. The van der Waals surface area contributed by atoms with Gasteiger partial charge < -0.3 is 4.74 Å². The SMILES string of the molecule is CC(C)(C)OC(=O)n1c(C(OS(C)(=O)=O)c2ccccc2)cc2ccccc21. The second kappa shape index (κ2) is 7.41. The number of para-hydroxylation sites is 1. The van der Waals surface area contributed by atoms with Gasteiger partial charge in [-0.25, -0.2) is 9.36 Å². The Labute approximate surface area is 164 Å². The number of carbonyl (C=O) groups is 1. The molecule has 0 fully saturated rings. The first-order chi connectivity index (χ1) is 13.1. The first-order valence-corrected chi connectivity index (χ1v) is 10.6. The molecule has 1 heterocycles. The van der Waals surface area contributed by atoms with E-state index in [2.05, 4.69) is 0 Å². The average Bonchev–Trinajstić information content (AvgIpc) is 2.97. The van der Waals surface area contributed by atoms with Gasteiger partial charge in [0.25, 0.3) is 10.1 Å². The van der Waals surface area contributed by atoms with Gasteiger partial charge in [-0.1, -0.05) is 48.5 Å². The minimum Gasteiger partial charge on any atom is -0.443 e. The number of fused-ring (bicyclic) bond motifs is 1. The first kappa shape index (κ1) is 20.1. The van der Waals surface area contributed by atoms with Crippen LogP contribution in [0.25, 0.3) is 10.9 Å². The molecule has 0 N–H and O–H groups in total. The van der Waals surface area contributed by atoms with Crippen LogP contribution in [-0.2, 0) is 19.0 Å². The zero-order valence-corrected chi connectivity index (χ0v) is 17.1. The highest BCUT2D eigenvalue weighted by Gasteiger charge is 2.29. The molecular formula is C21H23NO5S. The minimum absolute atomic E-state index is 0.382. The summed E-state index contributed by atoms with van der Waals surface area (Å²) >= 11 is 0. The maximum Gasteiger partial charge on any atom is 0.419 e. The summed E-state index contributed by atoms with van der Waals surface area (Å²) < 4.78 is 36.3. The average molecular weight is 401 g/mol. The summed E-state index contributed by atoms with van der Waals surface area (Å²) in [6.45, 7) is 5.33. The molecule has 0 radical (unpaired) electrons.